The van der Waals surface area contributed by atoms with Crippen molar-refractivity contribution >= 4 is 13.2 Å². The van der Waals surface area contributed by atoms with Gasteiger partial charge in [0.1, 0.15) is 6.61 Å². The van der Waals surface area contributed by atoms with E-state index in [2.05, 4.69) is 26.3 Å². The molecule has 0 aliphatic heterocycles. The van der Waals surface area contributed by atoms with Gasteiger partial charge in [-0.15, -0.1) is 0 Å². The van der Waals surface area contributed by atoms with Gasteiger partial charge in [0.05, 0.1) is 24.6 Å². The standard InChI is InChI=1S/C15H24O2P/c1-6-10-18(11-7-2,12-8-3)13-9-17-15(16)14(4)5/h6-8H,1-4,9-13H2,5H3/q+1. The Balaban J connectivity index is 4.51. The fraction of sp³-hybridized carbons (Fsp3) is 0.400. The summed E-state index contributed by atoms with van der Waals surface area (Å²) in [6.07, 6.45) is 9.63. The lowest BCUT2D eigenvalue weighted by Crippen LogP contribution is -2.16. The van der Waals surface area contributed by atoms with Crippen LogP contribution in [0.1, 0.15) is 6.92 Å². The van der Waals surface area contributed by atoms with E-state index < -0.39 is 7.26 Å². The second kappa shape index (κ2) is 8.88. The van der Waals surface area contributed by atoms with E-state index in [1.54, 1.807) is 6.92 Å². The van der Waals surface area contributed by atoms with Crippen molar-refractivity contribution in [3.05, 3.63) is 50.1 Å². The monoisotopic (exact) mass is 267 g/mol. The molecule has 0 aromatic carbocycles. The molecule has 0 aliphatic rings. The number of ether oxygens (including phenoxy) is 1. The first-order valence-electron chi connectivity index (χ1n) is 6.01. The van der Waals surface area contributed by atoms with Crippen molar-refractivity contribution in [2.45, 2.75) is 6.92 Å². The van der Waals surface area contributed by atoms with Crippen molar-refractivity contribution in [3.63, 3.8) is 0 Å². The molecule has 0 aliphatic carbocycles. The molecule has 0 aromatic rings. The Kier molecular flexibility index (Phi) is 8.32. The summed E-state index contributed by atoms with van der Waals surface area (Å²) in [5, 5.41) is 0. The summed E-state index contributed by atoms with van der Waals surface area (Å²) in [7, 11) is -1.24. The summed E-state index contributed by atoms with van der Waals surface area (Å²) in [5.74, 6) is -0.316. The highest BCUT2D eigenvalue weighted by atomic mass is 31.2. The molecular weight excluding hydrogens is 243 g/mol. The van der Waals surface area contributed by atoms with Gasteiger partial charge in [-0.2, -0.15) is 0 Å². The predicted molar refractivity (Wildman–Crippen MR) is 82.8 cm³/mol. The van der Waals surface area contributed by atoms with Crippen LogP contribution in [0.25, 0.3) is 0 Å². The van der Waals surface area contributed by atoms with E-state index >= 15 is 0 Å². The van der Waals surface area contributed by atoms with Crippen LogP contribution in [0.4, 0.5) is 0 Å². The maximum absolute atomic E-state index is 11.3. The maximum atomic E-state index is 11.3. The van der Waals surface area contributed by atoms with Crippen molar-refractivity contribution < 1.29 is 9.53 Å². The van der Waals surface area contributed by atoms with Gasteiger partial charge in [0.2, 0.25) is 0 Å². The molecule has 0 rings (SSSR count). The Morgan fingerprint density at radius 1 is 1.11 bits per heavy atom. The molecule has 0 fully saturated rings. The number of carbonyl (C=O) groups is 1. The summed E-state index contributed by atoms with van der Waals surface area (Å²) in [5.41, 5.74) is 0.440. The first kappa shape index (κ1) is 16.9. The fourth-order valence-corrected chi connectivity index (χ4v) is 4.89. The predicted octanol–water partition coefficient (Wildman–Crippen LogP) is 3.68. The lowest BCUT2D eigenvalue weighted by atomic mass is 10.4. The van der Waals surface area contributed by atoms with Crippen molar-refractivity contribution in [2.24, 2.45) is 0 Å². The van der Waals surface area contributed by atoms with Gasteiger partial charge in [0.15, 0.2) is 0 Å². The third-order valence-electron chi connectivity index (χ3n) is 2.70. The van der Waals surface area contributed by atoms with E-state index in [1.165, 1.54) is 0 Å². The third kappa shape index (κ3) is 5.97. The average molecular weight is 267 g/mol. The number of rotatable bonds is 10. The topological polar surface area (TPSA) is 26.3 Å². The number of esters is 1. The second-order valence-electron chi connectivity index (χ2n) is 4.40. The lowest BCUT2D eigenvalue weighted by molar-refractivity contribution is -0.138. The van der Waals surface area contributed by atoms with E-state index in [4.69, 9.17) is 4.74 Å². The molecule has 3 heteroatoms. The zero-order valence-corrected chi connectivity index (χ0v) is 12.3. The van der Waals surface area contributed by atoms with Crippen LogP contribution in [0.5, 0.6) is 0 Å². The quantitative estimate of drug-likeness (QED) is 0.261. The van der Waals surface area contributed by atoms with Crippen molar-refractivity contribution in [2.75, 3.05) is 31.3 Å². The maximum Gasteiger partial charge on any atom is 0.333 e. The zero-order valence-electron chi connectivity index (χ0n) is 11.4. The minimum absolute atomic E-state index is 0.316. The second-order valence-corrected chi connectivity index (χ2v) is 8.62. The van der Waals surface area contributed by atoms with Gasteiger partial charge in [0.25, 0.3) is 0 Å². The van der Waals surface area contributed by atoms with E-state index in [0.29, 0.717) is 12.2 Å². The Bertz CT molecular complexity index is 305. The normalized spacial score (nSPS) is 10.5. The van der Waals surface area contributed by atoms with Crippen LogP contribution >= 0.6 is 7.26 Å². The van der Waals surface area contributed by atoms with Gasteiger partial charge in [0, 0.05) is 12.8 Å². The number of hydrogen-bond acceptors (Lipinski definition) is 2. The van der Waals surface area contributed by atoms with Gasteiger partial charge >= 0.3 is 5.97 Å². The number of carbonyl (C=O) groups excluding carboxylic acids is 1. The summed E-state index contributed by atoms with van der Waals surface area (Å²) in [6.45, 7) is 17.1. The highest BCUT2D eigenvalue weighted by Crippen LogP contribution is 2.58. The minimum Gasteiger partial charge on any atom is -0.458 e. The molecule has 18 heavy (non-hydrogen) atoms. The molecule has 0 amide bonds. The van der Waals surface area contributed by atoms with Crippen molar-refractivity contribution in [1.82, 2.24) is 0 Å². The molecule has 0 unspecified atom stereocenters. The van der Waals surface area contributed by atoms with Crippen LogP contribution in [-0.2, 0) is 9.53 Å². The molecular formula is C15H24O2P+. The molecule has 0 bridgehead atoms. The van der Waals surface area contributed by atoms with Crippen LogP contribution in [0, 0.1) is 0 Å². The molecule has 0 aromatic heterocycles. The summed E-state index contributed by atoms with van der Waals surface area (Å²) >= 11 is 0. The van der Waals surface area contributed by atoms with Crippen LogP contribution in [0.3, 0.4) is 0 Å². The largest absolute Gasteiger partial charge is 0.458 e. The fourth-order valence-electron chi connectivity index (χ4n) is 1.77. The molecule has 0 spiro atoms. The third-order valence-corrected chi connectivity index (χ3v) is 6.93. The Labute approximate surface area is 111 Å². The summed E-state index contributed by atoms with van der Waals surface area (Å²) in [4.78, 5) is 11.3. The molecule has 0 saturated heterocycles. The van der Waals surface area contributed by atoms with Crippen LogP contribution in [0.15, 0.2) is 50.1 Å². The first-order valence-corrected chi connectivity index (χ1v) is 8.54. The number of hydrogen-bond donors (Lipinski definition) is 0. The van der Waals surface area contributed by atoms with Crippen molar-refractivity contribution in [3.8, 4) is 0 Å². The summed E-state index contributed by atoms with van der Waals surface area (Å²) in [6, 6.07) is 0. The Morgan fingerprint density at radius 2 is 1.56 bits per heavy atom. The molecule has 0 radical (unpaired) electrons. The molecule has 100 valence electrons. The van der Waals surface area contributed by atoms with Gasteiger partial charge in [-0.3, -0.25) is 0 Å². The van der Waals surface area contributed by atoms with Crippen LogP contribution < -0.4 is 0 Å². The molecule has 0 atom stereocenters. The SMILES string of the molecule is C=CC[P+](CC=C)(CC=C)CCOC(=O)C(=C)C. The molecule has 0 N–H and O–H groups in total. The minimum atomic E-state index is -1.24. The first-order chi connectivity index (χ1) is 8.51. The van der Waals surface area contributed by atoms with E-state index in [9.17, 15) is 4.79 Å². The lowest BCUT2D eigenvalue weighted by Gasteiger charge is -2.23. The van der Waals surface area contributed by atoms with Gasteiger partial charge in [-0.25, -0.2) is 4.79 Å². The van der Waals surface area contributed by atoms with Crippen molar-refractivity contribution in [1.29, 1.82) is 0 Å². The van der Waals surface area contributed by atoms with Gasteiger partial charge < -0.3 is 4.74 Å². The van der Waals surface area contributed by atoms with Crippen LogP contribution in [-0.4, -0.2) is 37.2 Å². The van der Waals surface area contributed by atoms with Crippen LogP contribution in [0.2, 0.25) is 0 Å². The zero-order chi connectivity index (χ0) is 14.0. The molecule has 2 nitrogen and oxygen atoms in total. The van der Waals surface area contributed by atoms with E-state index in [1.807, 2.05) is 18.2 Å². The summed E-state index contributed by atoms with van der Waals surface area (Å²) < 4.78 is 5.18. The average Bonchev–Trinajstić information content (AvgIpc) is 2.29. The Morgan fingerprint density at radius 3 is 1.89 bits per heavy atom. The molecule has 0 heterocycles. The Hall–Kier alpha value is -1.14. The smallest absolute Gasteiger partial charge is 0.333 e. The highest BCUT2D eigenvalue weighted by Gasteiger charge is 2.33. The van der Waals surface area contributed by atoms with Gasteiger partial charge in [-0.1, -0.05) is 44.5 Å². The number of allylic oxidation sites excluding steroid dienone is 3. The van der Waals surface area contributed by atoms with E-state index in [-0.39, 0.29) is 5.97 Å². The van der Waals surface area contributed by atoms with Gasteiger partial charge in [-0.05, 0) is 6.92 Å². The van der Waals surface area contributed by atoms with E-state index in [0.717, 1.165) is 24.6 Å². The highest BCUT2D eigenvalue weighted by molar-refractivity contribution is 7.76. The molecule has 0 saturated carbocycles.